The third-order valence-corrected chi connectivity index (χ3v) is 4.84. The van der Waals surface area contributed by atoms with Crippen LogP contribution in [0.3, 0.4) is 0 Å². The Bertz CT molecular complexity index is 530. The molecule has 6 heteroatoms. The van der Waals surface area contributed by atoms with Crippen LogP contribution >= 0.6 is 0 Å². The summed E-state index contributed by atoms with van der Waals surface area (Å²) in [6, 6.07) is 3.28. The Kier molecular flexibility index (Phi) is 4.95. The van der Waals surface area contributed by atoms with Gasteiger partial charge >= 0.3 is 0 Å². The van der Waals surface area contributed by atoms with E-state index in [4.69, 9.17) is 5.73 Å². The monoisotopic (exact) mass is 285 g/mol. The molecular formula is C13H23N3O2S. The number of benzene rings is 1. The largest absolute Gasteiger partial charge is 0.398 e. The van der Waals surface area contributed by atoms with Gasteiger partial charge in [0, 0.05) is 18.3 Å². The van der Waals surface area contributed by atoms with E-state index in [-0.39, 0.29) is 10.9 Å². The second kappa shape index (κ2) is 5.90. The Hall–Kier alpha value is -1.11. The molecule has 0 radical (unpaired) electrons. The number of hydrogen-bond acceptors (Lipinski definition) is 4. The van der Waals surface area contributed by atoms with Crippen molar-refractivity contribution in [1.29, 1.82) is 0 Å². The molecule has 1 rings (SSSR count). The zero-order chi connectivity index (χ0) is 14.8. The molecule has 0 aliphatic heterocycles. The maximum atomic E-state index is 12.2. The molecule has 19 heavy (non-hydrogen) atoms. The van der Waals surface area contributed by atoms with Crippen molar-refractivity contribution < 1.29 is 8.42 Å². The summed E-state index contributed by atoms with van der Waals surface area (Å²) >= 11 is 0. The van der Waals surface area contributed by atoms with Crippen molar-refractivity contribution in [2.24, 2.45) is 0 Å². The molecule has 0 aromatic heterocycles. The van der Waals surface area contributed by atoms with Crippen molar-refractivity contribution in [3.8, 4) is 0 Å². The minimum absolute atomic E-state index is 0.124. The predicted molar refractivity (Wildman–Crippen MR) is 78.7 cm³/mol. The van der Waals surface area contributed by atoms with Crippen LogP contribution in [0, 0.1) is 13.8 Å². The van der Waals surface area contributed by atoms with Gasteiger partial charge in [-0.05, 0) is 58.1 Å². The Morgan fingerprint density at radius 2 is 1.89 bits per heavy atom. The fraction of sp³-hybridized carbons (Fsp3) is 0.538. The molecule has 0 aliphatic carbocycles. The summed E-state index contributed by atoms with van der Waals surface area (Å²) < 4.78 is 27.0. The minimum atomic E-state index is -3.51. The normalized spacial score (nSPS) is 13.8. The van der Waals surface area contributed by atoms with Crippen molar-refractivity contribution in [3.63, 3.8) is 0 Å². The van der Waals surface area contributed by atoms with Crippen LogP contribution in [0.5, 0.6) is 0 Å². The molecule has 0 bridgehead atoms. The second-order valence-corrected chi connectivity index (χ2v) is 6.89. The maximum Gasteiger partial charge on any atom is 0.240 e. The van der Waals surface area contributed by atoms with Crippen LogP contribution < -0.4 is 10.5 Å². The molecule has 0 aliphatic rings. The van der Waals surface area contributed by atoms with Gasteiger partial charge in [0.2, 0.25) is 10.0 Å². The fourth-order valence-electron chi connectivity index (χ4n) is 1.50. The summed E-state index contributed by atoms with van der Waals surface area (Å²) in [5.74, 6) is 0. The lowest BCUT2D eigenvalue weighted by Gasteiger charge is -2.20. The zero-order valence-corrected chi connectivity index (χ0v) is 13.0. The highest BCUT2D eigenvalue weighted by Crippen LogP contribution is 2.21. The van der Waals surface area contributed by atoms with Crippen LogP contribution in [0.2, 0.25) is 0 Å². The van der Waals surface area contributed by atoms with E-state index in [0.29, 0.717) is 12.2 Å². The number of nitrogens with one attached hydrogen (secondary N) is 1. The van der Waals surface area contributed by atoms with Gasteiger partial charge in [0.1, 0.15) is 0 Å². The van der Waals surface area contributed by atoms with Crippen molar-refractivity contribution in [1.82, 2.24) is 9.62 Å². The van der Waals surface area contributed by atoms with Crippen molar-refractivity contribution in [2.45, 2.75) is 31.7 Å². The number of aryl methyl sites for hydroxylation is 1. The van der Waals surface area contributed by atoms with E-state index in [1.54, 1.807) is 6.07 Å². The quantitative estimate of drug-likeness (QED) is 0.795. The highest BCUT2D eigenvalue weighted by Gasteiger charge is 2.17. The first-order valence-corrected chi connectivity index (χ1v) is 7.66. The first kappa shape index (κ1) is 15.9. The zero-order valence-electron chi connectivity index (χ0n) is 12.2. The lowest BCUT2D eigenvalue weighted by Crippen LogP contribution is -2.38. The SMILES string of the molecule is Cc1cc(S(=O)(=O)NCC(C)N(C)C)cc(N)c1C. The molecule has 0 saturated carbocycles. The van der Waals surface area contributed by atoms with Gasteiger partial charge in [-0.3, -0.25) is 0 Å². The number of nitrogen functional groups attached to an aromatic ring is 1. The van der Waals surface area contributed by atoms with Crippen LogP contribution in [-0.4, -0.2) is 40.0 Å². The Morgan fingerprint density at radius 1 is 1.32 bits per heavy atom. The molecule has 0 saturated heterocycles. The Labute approximate surface area is 115 Å². The number of nitrogens with zero attached hydrogens (tertiary/aromatic N) is 1. The van der Waals surface area contributed by atoms with E-state index >= 15 is 0 Å². The lowest BCUT2D eigenvalue weighted by atomic mass is 10.1. The molecule has 1 aromatic rings. The van der Waals surface area contributed by atoms with E-state index in [1.807, 2.05) is 39.8 Å². The Morgan fingerprint density at radius 3 is 2.37 bits per heavy atom. The van der Waals surface area contributed by atoms with Crippen molar-refractivity contribution >= 4 is 15.7 Å². The number of sulfonamides is 1. The molecule has 1 aromatic carbocycles. The van der Waals surface area contributed by atoms with Crippen molar-refractivity contribution in [3.05, 3.63) is 23.3 Å². The van der Waals surface area contributed by atoms with Gasteiger partial charge in [-0.2, -0.15) is 0 Å². The van der Waals surface area contributed by atoms with Gasteiger partial charge in [0.15, 0.2) is 0 Å². The molecule has 1 unspecified atom stereocenters. The highest BCUT2D eigenvalue weighted by atomic mass is 32.2. The third-order valence-electron chi connectivity index (χ3n) is 3.44. The summed E-state index contributed by atoms with van der Waals surface area (Å²) in [6.07, 6.45) is 0. The van der Waals surface area contributed by atoms with Gasteiger partial charge < -0.3 is 10.6 Å². The second-order valence-electron chi connectivity index (χ2n) is 5.12. The molecule has 1 atom stereocenters. The molecule has 0 spiro atoms. The topological polar surface area (TPSA) is 75.4 Å². The average Bonchev–Trinajstić information content (AvgIpc) is 2.32. The smallest absolute Gasteiger partial charge is 0.240 e. The summed E-state index contributed by atoms with van der Waals surface area (Å²) in [4.78, 5) is 2.18. The molecule has 0 amide bonds. The number of nitrogens with two attached hydrogens (primary N) is 1. The van der Waals surface area contributed by atoms with Gasteiger partial charge in [-0.25, -0.2) is 13.1 Å². The highest BCUT2D eigenvalue weighted by molar-refractivity contribution is 7.89. The van der Waals surface area contributed by atoms with Gasteiger partial charge in [0.05, 0.1) is 4.90 Å². The number of hydrogen-bond donors (Lipinski definition) is 2. The summed E-state index contributed by atoms with van der Waals surface area (Å²) in [5, 5.41) is 0. The lowest BCUT2D eigenvalue weighted by molar-refractivity contribution is 0.314. The van der Waals surface area contributed by atoms with E-state index in [0.717, 1.165) is 11.1 Å². The first-order chi connectivity index (χ1) is 8.65. The summed E-state index contributed by atoms with van der Waals surface area (Å²) in [7, 11) is 0.312. The van der Waals surface area contributed by atoms with Crippen LogP contribution in [0.15, 0.2) is 17.0 Å². The molecule has 5 nitrogen and oxygen atoms in total. The fourth-order valence-corrected chi connectivity index (χ4v) is 2.75. The van der Waals surface area contributed by atoms with Crippen LogP contribution in [0.25, 0.3) is 0 Å². The van der Waals surface area contributed by atoms with Crippen LogP contribution in [0.4, 0.5) is 5.69 Å². The van der Waals surface area contributed by atoms with E-state index in [9.17, 15) is 8.42 Å². The van der Waals surface area contributed by atoms with E-state index < -0.39 is 10.0 Å². The first-order valence-electron chi connectivity index (χ1n) is 6.18. The average molecular weight is 285 g/mol. The molecule has 108 valence electrons. The van der Waals surface area contributed by atoms with E-state index in [1.165, 1.54) is 6.07 Å². The minimum Gasteiger partial charge on any atom is -0.398 e. The van der Waals surface area contributed by atoms with Crippen LogP contribution in [0.1, 0.15) is 18.1 Å². The number of rotatable bonds is 5. The van der Waals surface area contributed by atoms with E-state index in [2.05, 4.69) is 4.72 Å². The molecule has 3 N–H and O–H groups in total. The maximum absolute atomic E-state index is 12.2. The number of likely N-dealkylation sites (N-methyl/N-ethyl adjacent to an activating group) is 1. The standard InChI is InChI=1S/C13H23N3O2S/c1-9-6-12(7-13(14)11(9)3)19(17,18)15-8-10(2)16(4)5/h6-7,10,15H,8,14H2,1-5H3. The number of anilines is 1. The van der Waals surface area contributed by atoms with Gasteiger partial charge in [0.25, 0.3) is 0 Å². The predicted octanol–water partition coefficient (Wildman–Crippen LogP) is 1.11. The molecule has 0 fully saturated rings. The summed E-state index contributed by atoms with van der Waals surface area (Å²) in [5.41, 5.74) is 8.12. The van der Waals surface area contributed by atoms with Crippen LogP contribution in [-0.2, 0) is 10.0 Å². The molecular weight excluding hydrogens is 262 g/mol. The summed E-state index contributed by atoms with van der Waals surface area (Å²) in [6.45, 7) is 6.05. The third kappa shape index (κ3) is 3.92. The Balaban J connectivity index is 2.95. The van der Waals surface area contributed by atoms with Crippen molar-refractivity contribution in [2.75, 3.05) is 26.4 Å². The molecule has 0 heterocycles. The van der Waals surface area contributed by atoms with Gasteiger partial charge in [-0.15, -0.1) is 0 Å². The van der Waals surface area contributed by atoms with Gasteiger partial charge in [-0.1, -0.05) is 0 Å².